The van der Waals surface area contributed by atoms with Gasteiger partial charge in [-0.15, -0.1) is 6.58 Å². The Bertz CT molecular complexity index is 1400. The van der Waals surface area contributed by atoms with Crippen molar-refractivity contribution in [1.82, 2.24) is 30.1 Å². The van der Waals surface area contributed by atoms with E-state index in [9.17, 15) is 19.5 Å². The number of phenols is 1. The van der Waals surface area contributed by atoms with Gasteiger partial charge in [-0.05, 0) is 35.8 Å². The van der Waals surface area contributed by atoms with E-state index in [1.807, 2.05) is 55.5 Å². The SMILES string of the molecule is C=CCN1CC(=O)N2[C@@H](Cc3ccc(O)cc3)C(=O)N(CC(/C=C\C(N)CN(C)N)=C/C)C[C@@H]2N1C(=O)NCc1ccccc1. The van der Waals surface area contributed by atoms with Crippen molar-refractivity contribution in [3.05, 3.63) is 102 Å². The Morgan fingerprint density at radius 3 is 2.51 bits per heavy atom. The van der Waals surface area contributed by atoms with Gasteiger partial charge in [-0.1, -0.05) is 66.8 Å². The summed E-state index contributed by atoms with van der Waals surface area (Å²) in [5, 5.41) is 17.5. The molecule has 2 saturated heterocycles. The second-order valence-electron chi connectivity index (χ2n) is 11.3. The number of aromatic hydroxyl groups is 1. The molecule has 0 saturated carbocycles. The average molecular weight is 617 g/mol. The van der Waals surface area contributed by atoms with E-state index in [0.29, 0.717) is 13.1 Å². The number of nitrogens with one attached hydrogen (secondary N) is 1. The zero-order valence-electron chi connectivity index (χ0n) is 26.0. The highest BCUT2D eigenvalue weighted by Crippen LogP contribution is 2.29. The number of likely N-dealkylation sites (N-methyl/N-ethyl adjacent to an activating group) is 1. The van der Waals surface area contributed by atoms with E-state index in [2.05, 4.69) is 11.9 Å². The van der Waals surface area contributed by atoms with Gasteiger partial charge in [0, 0.05) is 45.7 Å². The predicted octanol–water partition coefficient (Wildman–Crippen LogP) is 1.56. The van der Waals surface area contributed by atoms with Crippen LogP contribution in [0, 0.1) is 0 Å². The summed E-state index contributed by atoms with van der Waals surface area (Å²) in [6, 6.07) is 14.6. The van der Waals surface area contributed by atoms with Gasteiger partial charge in [0.15, 0.2) is 0 Å². The Labute approximate surface area is 264 Å². The van der Waals surface area contributed by atoms with E-state index >= 15 is 0 Å². The maximum Gasteiger partial charge on any atom is 0.334 e. The topological polar surface area (TPSA) is 152 Å². The van der Waals surface area contributed by atoms with Gasteiger partial charge in [-0.25, -0.2) is 19.8 Å². The van der Waals surface area contributed by atoms with E-state index in [-0.39, 0.29) is 62.2 Å². The molecule has 4 rings (SSSR count). The van der Waals surface area contributed by atoms with Crippen molar-refractivity contribution in [2.75, 3.05) is 39.8 Å². The van der Waals surface area contributed by atoms with Crippen LogP contribution in [0.2, 0.25) is 0 Å². The lowest BCUT2D eigenvalue weighted by molar-refractivity contribution is -0.188. The number of hydrazine groups is 2. The number of carbonyl (C=O) groups is 3. The van der Waals surface area contributed by atoms with Crippen LogP contribution >= 0.6 is 0 Å². The number of amides is 4. The molecule has 45 heavy (non-hydrogen) atoms. The number of carbonyl (C=O) groups excluding carboxylic acids is 3. The molecule has 0 radical (unpaired) electrons. The van der Waals surface area contributed by atoms with E-state index < -0.39 is 12.2 Å². The van der Waals surface area contributed by atoms with Gasteiger partial charge < -0.3 is 26.0 Å². The van der Waals surface area contributed by atoms with Crippen LogP contribution in [0.25, 0.3) is 0 Å². The normalized spacial score (nSPS) is 20.1. The second kappa shape index (κ2) is 15.5. The fraction of sp³-hybridized carbons (Fsp3) is 0.364. The number of nitrogens with two attached hydrogens (primary N) is 2. The quantitative estimate of drug-likeness (QED) is 0.121. The highest BCUT2D eigenvalue weighted by molar-refractivity contribution is 5.92. The number of allylic oxidation sites excluding steroid dienone is 1. The number of benzene rings is 2. The van der Waals surface area contributed by atoms with Crippen LogP contribution in [0.1, 0.15) is 18.1 Å². The van der Waals surface area contributed by atoms with E-state index in [4.69, 9.17) is 11.6 Å². The molecule has 2 fully saturated rings. The third-order valence-electron chi connectivity index (χ3n) is 7.83. The molecule has 0 spiro atoms. The van der Waals surface area contributed by atoms with Crippen molar-refractivity contribution in [3.63, 3.8) is 0 Å². The highest BCUT2D eigenvalue weighted by atomic mass is 16.3. The average Bonchev–Trinajstić information content (AvgIpc) is 3.01. The third kappa shape index (κ3) is 8.58. The van der Waals surface area contributed by atoms with Crippen LogP contribution in [0.3, 0.4) is 0 Å². The molecule has 2 aromatic carbocycles. The molecule has 2 aliphatic heterocycles. The van der Waals surface area contributed by atoms with Crippen molar-refractivity contribution in [1.29, 1.82) is 0 Å². The van der Waals surface area contributed by atoms with Crippen LogP contribution in [0.5, 0.6) is 5.75 Å². The smallest absolute Gasteiger partial charge is 0.334 e. The second-order valence-corrected chi connectivity index (χ2v) is 11.3. The molecule has 0 aliphatic carbocycles. The lowest BCUT2D eigenvalue weighted by atomic mass is 9.98. The Morgan fingerprint density at radius 1 is 1.16 bits per heavy atom. The number of fused-ring (bicyclic) bond motifs is 1. The van der Waals surface area contributed by atoms with E-state index in [1.165, 1.54) is 5.01 Å². The largest absolute Gasteiger partial charge is 0.508 e. The van der Waals surface area contributed by atoms with Crippen molar-refractivity contribution in [2.24, 2.45) is 11.6 Å². The molecular weight excluding hydrogens is 572 g/mol. The van der Waals surface area contributed by atoms with Crippen molar-refractivity contribution in [2.45, 2.75) is 38.1 Å². The Balaban J connectivity index is 1.67. The molecule has 240 valence electrons. The molecule has 12 nitrogen and oxygen atoms in total. The van der Waals surface area contributed by atoms with Crippen molar-refractivity contribution < 1.29 is 19.5 Å². The summed E-state index contributed by atoms with van der Waals surface area (Å²) in [4.78, 5) is 45.0. The first-order chi connectivity index (χ1) is 21.6. The summed E-state index contributed by atoms with van der Waals surface area (Å²) in [5.41, 5.74) is 8.73. The molecule has 12 heteroatoms. The number of rotatable bonds is 12. The van der Waals surface area contributed by atoms with Gasteiger partial charge in [-0.2, -0.15) is 0 Å². The molecule has 6 N–H and O–H groups in total. The third-order valence-corrected chi connectivity index (χ3v) is 7.83. The van der Waals surface area contributed by atoms with Crippen molar-refractivity contribution in [3.8, 4) is 5.75 Å². The lowest BCUT2D eigenvalue weighted by Crippen LogP contribution is -2.76. The molecule has 4 amide bonds. The Hall–Kier alpha value is -4.49. The summed E-state index contributed by atoms with van der Waals surface area (Å²) >= 11 is 0. The van der Waals surface area contributed by atoms with Gasteiger partial charge >= 0.3 is 6.03 Å². The first-order valence-electron chi connectivity index (χ1n) is 15.0. The minimum Gasteiger partial charge on any atom is -0.508 e. The van der Waals surface area contributed by atoms with Gasteiger partial charge in [0.2, 0.25) is 11.8 Å². The van der Waals surface area contributed by atoms with E-state index in [0.717, 1.165) is 16.7 Å². The zero-order valence-corrected chi connectivity index (χ0v) is 26.0. The van der Waals surface area contributed by atoms with Crippen LogP contribution in [0.15, 0.2) is 91.1 Å². The van der Waals surface area contributed by atoms with Crippen LogP contribution in [-0.2, 0) is 22.6 Å². The maximum atomic E-state index is 14.2. The summed E-state index contributed by atoms with van der Waals surface area (Å²) in [5.74, 6) is 5.36. The number of urea groups is 1. The fourth-order valence-electron chi connectivity index (χ4n) is 5.65. The minimum atomic E-state index is -0.869. The minimum absolute atomic E-state index is 0.0863. The number of phenolic OH excluding ortho intramolecular Hbond substituents is 1. The first-order valence-corrected chi connectivity index (χ1v) is 15.0. The van der Waals surface area contributed by atoms with Crippen LogP contribution < -0.4 is 16.9 Å². The molecule has 0 bridgehead atoms. The summed E-state index contributed by atoms with van der Waals surface area (Å²) in [6.07, 6.45) is 6.72. The van der Waals surface area contributed by atoms with Gasteiger partial charge in [0.1, 0.15) is 18.0 Å². The fourth-order valence-corrected chi connectivity index (χ4v) is 5.65. The molecule has 2 aliphatic rings. The Morgan fingerprint density at radius 2 is 1.87 bits per heavy atom. The standard InChI is InChI=1S/C33H44N8O4/c1-4-17-39-23-31(43)40-29(18-25-12-15-28(42)16-13-25)32(44)38(20-24(5-2)11-14-27(34)21-37(3)35)22-30(40)41(39)33(45)36-19-26-9-7-6-8-10-26/h4-16,27,29-30,42H,1,17-23,34-35H2,2-3H3,(H,36,45)/b14-11-,24-5+/t27?,29-,30-/m0/s1. The zero-order chi connectivity index (χ0) is 32.5. The van der Waals surface area contributed by atoms with Gasteiger partial charge in [-0.3, -0.25) is 15.4 Å². The highest BCUT2D eigenvalue weighted by Gasteiger charge is 2.51. The number of nitrogens with zero attached hydrogens (tertiary/aromatic N) is 5. The molecule has 2 aromatic rings. The van der Waals surface area contributed by atoms with Crippen molar-refractivity contribution >= 4 is 17.8 Å². The lowest BCUT2D eigenvalue weighted by Gasteiger charge is -2.55. The first kappa shape index (κ1) is 33.4. The number of hydrogen-bond acceptors (Lipinski definition) is 8. The maximum absolute atomic E-state index is 14.2. The number of piperazine rings is 1. The molecule has 0 aromatic heterocycles. The van der Waals surface area contributed by atoms with Gasteiger partial charge in [0.05, 0.1) is 13.1 Å². The predicted molar refractivity (Wildman–Crippen MR) is 173 cm³/mol. The number of hydrogen-bond donors (Lipinski definition) is 4. The Kier molecular flexibility index (Phi) is 11.5. The summed E-state index contributed by atoms with van der Waals surface area (Å²) < 4.78 is 0. The monoisotopic (exact) mass is 616 g/mol. The summed E-state index contributed by atoms with van der Waals surface area (Å²) in [6.45, 7) is 7.00. The molecule has 1 unspecified atom stereocenters. The van der Waals surface area contributed by atoms with E-state index in [1.54, 1.807) is 57.2 Å². The molecule has 2 heterocycles. The molecule has 3 atom stereocenters. The molecular formula is C33H44N8O4. The van der Waals surface area contributed by atoms with Crippen LogP contribution in [-0.4, -0.2) is 106 Å². The van der Waals surface area contributed by atoms with Gasteiger partial charge in [0.25, 0.3) is 0 Å². The summed E-state index contributed by atoms with van der Waals surface area (Å²) in [7, 11) is 1.74. The van der Waals surface area contributed by atoms with Crippen LogP contribution in [0.4, 0.5) is 4.79 Å².